The van der Waals surface area contributed by atoms with Gasteiger partial charge >= 0.3 is 0 Å². The minimum Gasteiger partial charge on any atom is -0.334 e. The molecule has 0 saturated carbocycles. The van der Waals surface area contributed by atoms with Crippen molar-refractivity contribution in [2.75, 3.05) is 0 Å². The summed E-state index contributed by atoms with van der Waals surface area (Å²) in [6, 6.07) is 6.33. The Morgan fingerprint density at radius 3 is 2.67 bits per heavy atom. The minimum atomic E-state index is -3.79. The van der Waals surface area contributed by atoms with E-state index in [9.17, 15) is 12.8 Å². The second-order valence-corrected chi connectivity index (χ2v) is 6.81. The maximum atomic E-state index is 12.9. The lowest BCUT2D eigenvalue weighted by Gasteiger charge is -2.04. The molecule has 0 aliphatic carbocycles. The topological polar surface area (TPSA) is 98.0 Å². The van der Waals surface area contributed by atoms with Crippen molar-refractivity contribution in [3.63, 3.8) is 0 Å². The van der Waals surface area contributed by atoms with Gasteiger partial charge in [0.1, 0.15) is 5.82 Å². The van der Waals surface area contributed by atoms with Gasteiger partial charge in [0.15, 0.2) is 5.82 Å². The minimum absolute atomic E-state index is 0.0458. The smallest absolute Gasteiger partial charge is 0.259 e. The van der Waals surface area contributed by atoms with Gasteiger partial charge < -0.3 is 4.52 Å². The van der Waals surface area contributed by atoms with Crippen LogP contribution in [0.3, 0.4) is 0 Å². The molecule has 1 aromatic carbocycles. The number of sulfonamides is 1. The number of aryl methyl sites for hydroxylation is 1. The van der Waals surface area contributed by atoms with Crippen molar-refractivity contribution >= 4 is 10.0 Å². The zero-order valence-electron chi connectivity index (χ0n) is 12.6. The van der Waals surface area contributed by atoms with Gasteiger partial charge in [0.2, 0.25) is 10.0 Å². The molecule has 0 spiro atoms. The zero-order valence-corrected chi connectivity index (χ0v) is 13.4. The summed E-state index contributed by atoms with van der Waals surface area (Å²) < 4.78 is 44.5. The molecular weight excluding hydrogens is 335 g/mol. The highest BCUT2D eigenvalue weighted by molar-refractivity contribution is 7.89. The molecule has 24 heavy (non-hydrogen) atoms. The van der Waals surface area contributed by atoms with Crippen LogP contribution >= 0.6 is 0 Å². The fourth-order valence-electron chi connectivity index (χ4n) is 1.97. The number of aromatic nitrogens is 3. The summed E-state index contributed by atoms with van der Waals surface area (Å²) in [6.45, 7) is 1.73. The van der Waals surface area contributed by atoms with Crippen molar-refractivity contribution < 1.29 is 17.3 Å². The van der Waals surface area contributed by atoms with Gasteiger partial charge in [0.05, 0.1) is 17.0 Å². The van der Waals surface area contributed by atoms with Crippen molar-refractivity contribution in [2.24, 2.45) is 0 Å². The summed E-state index contributed by atoms with van der Waals surface area (Å²) in [7, 11) is -3.79. The molecule has 0 saturated heterocycles. The summed E-state index contributed by atoms with van der Waals surface area (Å²) >= 11 is 0. The molecule has 124 valence electrons. The largest absolute Gasteiger partial charge is 0.334 e. The van der Waals surface area contributed by atoms with E-state index in [-0.39, 0.29) is 23.2 Å². The molecule has 0 aliphatic heterocycles. The first-order valence-electron chi connectivity index (χ1n) is 6.94. The summed E-state index contributed by atoms with van der Waals surface area (Å²) in [5.41, 5.74) is 1.58. The van der Waals surface area contributed by atoms with Crippen molar-refractivity contribution in [3.8, 4) is 11.5 Å². The van der Waals surface area contributed by atoms with E-state index in [1.807, 2.05) is 13.0 Å². The number of nitrogens with one attached hydrogen (secondary N) is 1. The molecule has 1 N–H and O–H groups in total. The van der Waals surface area contributed by atoms with Gasteiger partial charge in [-0.3, -0.25) is 4.98 Å². The van der Waals surface area contributed by atoms with Crippen molar-refractivity contribution in [1.29, 1.82) is 0 Å². The van der Waals surface area contributed by atoms with Gasteiger partial charge in [0, 0.05) is 12.4 Å². The van der Waals surface area contributed by atoms with Gasteiger partial charge in [-0.05, 0) is 42.8 Å². The molecule has 0 atom stereocenters. The lowest BCUT2D eigenvalue weighted by molar-refractivity contribution is 0.421. The lowest BCUT2D eigenvalue weighted by atomic mass is 10.2. The first-order chi connectivity index (χ1) is 11.4. The van der Waals surface area contributed by atoms with Crippen molar-refractivity contribution in [1.82, 2.24) is 19.8 Å². The van der Waals surface area contributed by atoms with Crippen molar-refractivity contribution in [2.45, 2.75) is 18.4 Å². The Labute approximate surface area is 137 Å². The Morgan fingerprint density at radius 2 is 1.96 bits per heavy atom. The molecule has 2 aromatic heterocycles. The predicted octanol–water partition coefficient (Wildman–Crippen LogP) is 2.06. The molecule has 7 nitrogen and oxygen atoms in total. The predicted molar refractivity (Wildman–Crippen MR) is 82.7 cm³/mol. The van der Waals surface area contributed by atoms with Crippen LogP contribution in [0.5, 0.6) is 0 Å². The Bertz CT molecular complexity index is 955. The average Bonchev–Trinajstić information content (AvgIpc) is 3.03. The van der Waals surface area contributed by atoms with E-state index in [1.54, 1.807) is 12.4 Å². The van der Waals surface area contributed by atoms with Crippen molar-refractivity contribution in [3.05, 3.63) is 59.9 Å². The van der Waals surface area contributed by atoms with Crippen LogP contribution in [0.2, 0.25) is 0 Å². The van der Waals surface area contributed by atoms with E-state index < -0.39 is 15.8 Å². The average molecular weight is 348 g/mol. The Morgan fingerprint density at radius 1 is 1.21 bits per heavy atom. The van der Waals surface area contributed by atoms with Crippen LogP contribution in [0.4, 0.5) is 4.39 Å². The van der Waals surface area contributed by atoms with Crippen LogP contribution in [-0.2, 0) is 16.6 Å². The number of hydrogen-bond acceptors (Lipinski definition) is 6. The second-order valence-electron chi connectivity index (χ2n) is 5.05. The second kappa shape index (κ2) is 6.46. The molecule has 0 radical (unpaired) electrons. The number of hydrogen-bond donors (Lipinski definition) is 1. The van der Waals surface area contributed by atoms with E-state index in [0.29, 0.717) is 5.56 Å². The van der Waals surface area contributed by atoms with E-state index in [4.69, 9.17) is 4.52 Å². The monoisotopic (exact) mass is 348 g/mol. The van der Waals surface area contributed by atoms with E-state index in [2.05, 4.69) is 19.8 Å². The molecule has 3 rings (SSSR count). The van der Waals surface area contributed by atoms with Gasteiger partial charge in [0.25, 0.3) is 5.89 Å². The molecule has 0 unspecified atom stereocenters. The first-order valence-corrected chi connectivity index (χ1v) is 8.42. The molecular formula is C15H13FN4O3S. The Kier molecular flexibility index (Phi) is 4.36. The quantitative estimate of drug-likeness (QED) is 0.758. The number of pyridine rings is 1. The highest BCUT2D eigenvalue weighted by Crippen LogP contribution is 2.17. The molecule has 0 aliphatic rings. The zero-order chi connectivity index (χ0) is 17.2. The summed E-state index contributed by atoms with van der Waals surface area (Å²) in [6.07, 6.45) is 3.27. The third kappa shape index (κ3) is 3.63. The highest BCUT2D eigenvalue weighted by Gasteiger charge is 2.16. The Hall–Kier alpha value is -2.65. The molecule has 0 fully saturated rings. The van der Waals surface area contributed by atoms with Gasteiger partial charge in [-0.25, -0.2) is 17.5 Å². The van der Waals surface area contributed by atoms with Crippen LogP contribution < -0.4 is 4.72 Å². The highest BCUT2D eigenvalue weighted by atomic mass is 32.2. The number of halogens is 1. The van der Waals surface area contributed by atoms with E-state index in [0.717, 1.165) is 17.7 Å². The summed E-state index contributed by atoms with van der Waals surface area (Å²) in [5, 5.41) is 3.73. The molecule has 0 amide bonds. The van der Waals surface area contributed by atoms with Crippen LogP contribution in [0.15, 0.2) is 52.1 Å². The summed E-state index contributed by atoms with van der Waals surface area (Å²) in [4.78, 5) is 8.11. The third-order valence-corrected chi connectivity index (χ3v) is 4.55. The SMILES string of the molecule is Cc1cncc(-c2nc(CNS(=O)(=O)c3ccc(F)cc3)no2)c1. The maximum absolute atomic E-state index is 12.9. The van der Waals surface area contributed by atoms with Crippen LogP contribution in [-0.4, -0.2) is 23.5 Å². The molecule has 2 heterocycles. The fraction of sp³-hybridized carbons (Fsp3) is 0.133. The number of rotatable bonds is 5. The lowest BCUT2D eigenvalue weighted by Crippen LogP contribution is -2.23. The van der Waals surface area contributed by atoms with Gasteiger partial charge in [-0.15, -0.1) is 0 Å². The van der Waals surface area contributed by atoms with Gasteiger partial charge in [-0.2, -0.15) is 4.98 Å². The third-order valence-electron chi connectivity index (χ3n) is 3.13. The Balaban J connectivity index is 1.72. The number of nitrogens with zero attached hydrogens (tertiary/aromatic N) is 3. The van der Waals surface area contributed by atoms with E-state index in [1.165, 1.54) is 12.1 Å². The van der Waals surface area contributed by atoms with E-state index >= 15 is 0 Å². The standard InChI is InChI=1S/C15H13FN4O3S/c1-10-6-11(8-17-7-10)15-19-14(20-23-15)9-18-24(21,22)13-4-2-12(16)3-5-13/h2-8,18H,9H2,1H3. The maximum Gasteiger partial charge on any atom is 0.259 e. The van der Waals surface area contributed by atoms with Gasteiger partial charge in [-0.1, -0.05) is 5.16 Å². The van der Waals surface area contributed by atoms with Crippen LogP contribution in [0.1, 0.15) is 11.4 Å². The molecule has 9 heteroatoms. The summed E-state index contributed by atoms with van der Waals surface area (Å²) in [5.74, 6) is -0.0807. The molecule has 3 aromatic rings. The van der Waals surface area contributed by atoms with Crippen LogP contribution in [0.25, 0.3) is 11.5 Å². The van der Waals surface area contributed by atoms with Crippen LogP contribution in [0, 0.1) is 12.7 Å². The molecule has 0 bridgehead atoms. The fourth-order valence-corrected chi connectivity index (χ4v) is 2.95. The number of benzene rings is 1. The normalized spacial score (nSPS) is 11.6. The first kappa shape index (κ1) is 16.2.